The van der Waals surface area contributed by atoms with Crippen LogP contribution in [0, 0.1) is 0 Å². The van der Waals surface area contributed by atoms with E-state index in [1.165, 1.54) is 7.11 Å². The highest BCUT2D eigenvalue weighted by Crippen LogP contribution is 2.25. The van der Waals surface area contributed by atoms with Crippen LogP contribution in [-0.2, 0) is 38.4 Å². The van der Waals surface area contributed by atoms with Crippen molar-refractivity contribution in [1.82, 2.24) is 35.6 Å². The minimum Gasteiger partial charge on any atom is -0.467 e. The maximum Gasteiger partial charge on any atom is 0.328 e. The van der Waals surface area contributed by atoms with Gasteiger partial charge in [0.25, 0.3) is 0 Å². The van der Waals surface area contributed by atoms with E-state index in [0.29, 0.717) is 23.0 Å². The van der Waals surface area contributed by atoms with Gasteiger partial charge in [0, 0.05) is 71.3 Å². The SMILES string of the molecule is COC(=O)[C@H](Cc1cnc(-c2ccc(-c3ccccc3)cc2)[nH]1)NC(=O)[C@H](Cc1c[nH]c2ccccc12)NC(=O)[C@@H](N)Cc1cnc(-c2ccc(-c3ccccc3)cc2)[nH]1. The molecule has 8 rings (SSSR count). The Morgan fingerprint density at radius 2 is 1.07 bits per heavy atom. The van der Waals surface area contributed by atoms with Crippen molar-refractivity contribution in [3.8, 4) is 45.0 Å². The summed E-state index contributed by atoms with van der Waals surface area (Å²) in [5, 5.41) is 6.61. The minimum absolute atomic E-state index is 0.0674. The Hall–Kier alpha value is -7.57. The number of hydrogen-bond donors (Lipinski definition) is 6. The van der Waals surface area contributed by atoms with Crippen LogP contribution in [0.5, 0.6) is 0 Å². The summed E-state index contributed by atoms with van der Waals surface area (Å²) in [4.78, 5) is 59.9. The van der Waals surface area contributed by atoms with Crippen LogP contribution in [0.3, 0.4) is 0 Å². The van der Waals surface area contributed by atoms with Crippen molar-refractivity contribution in [3.05, 3.63) is 169 Å². The standard InChI is InChI=1S/C48H44N8O4/c1-60-48(59)43(26-38-29-52-45(54-38)35-22-18-33(19-23-35)31-12-6-3-7-13-31)56-47(58)42(24-36-27-50-41-15-9-8-14-39(36)41)55-46(57)40(49)25-37-28-51-44(53-37)34-20-16-32(17-21-34)30-10-4-2-5-11-30/h2-23,27-29,40,42-43,50H,24-26,49H2,1H3,(H,51,53)(H,52,54)(H,55,57)(H,56,58)/t40-,42-,43-/m0/s1. The van der Waals surface area contributed by atoms with Crippen LogP contribution >= 0.6 is 0 Å². The number of rotatable bonds is 15. The van der Waals surface area contributed by atoms with Crippen LogP contribution in [0.2, 0.25) is 0 Å². The smallest absolute Gasteiger partial charge is 0.328 e. The van der Waals surface area contributed by atoms with E-state index in [4.69, 9.17) is 10.5 Å². The first-order chi connectivity index (χ1) is 29.3. The molecule has 0 saturated heterocycles. The Balaban J connectivity index is 0.956. The molecule has 0 aliphatic heterocycles. The van der Waals surface area contributed by atoms with Crippen LogP contribution in [0.1, 0.15) is 17.0 Å². The lowest BCUT2D eigenvalue weighted by Gasteiger charge is -2.23. The molecule has 60 heavy (non-hydrogen) atoms. The molecule has 12 heteroatoms. The number of imidazole rings is 2. The summed E-state index contributed by atoms with van der Waals surface area (Å²) in [5.41, 5.74) is 15.6. The van der Waals surface area contributed by atoms with Gasteiger partial charge < -0.3 is 36.1 Å². The highest BCUT2D eigenvalue weighted by molar-refractivity contribution is 5.93. The average molecular weight is 797 g/mol. The van der Waals surface area contributed by atoms with Gasteiger partial charge in [-0.3, -0.25) is 9.59 Å². The molecule has 2 amide bonds. The Bertz CT molecular complexity index is 2700. The predicted octanol–water partition coefficient (Wildman–Crippen LogP) is 6.78. The molecule has 3 aromatic heterocycles. The topological polar surface area (TPSA) is 184 Å². The second-order valence-electron chi connectivity index (χ2n) is 14.6. The number of carbonyl (C=O) groups excluding carboxylic acids is 3. The molecular weight excluding hydrogens is 753 g/mol. The van der Waals surface area contributed by atoms with E-state index < -0.39 is 35.9 Å². The third-order valence-corrected chi connectivity index (χ3v) is 10.5. The fourth-order valence-corrected chi connectivity index (χ4v) is 7.29. The minimum atomic E-state index is -1.09. The van der Waals surface area contributed by atoms with Crippen molar-refractivity contribution in [3.63, 3.8) is 0 Å². The number of nitrogens with one attached hydrogen (secondary N) is 5. The van der Waals surface area contributed by atoms with E-state index >= 15 is 0 Å². The number of ether oxygens (including phenoxy) is 1. The second-order valence-corrected chi connectivity index (χ2v) is 14.6. The number of amides is 2. The van der Waals surface area contributed by atoms with Crippen LogP contribution in [0.25, 0.3) is 55.9 Å². The average Bonchev–Trinajstić information content (AvgIpc) is 4.07. The summed E-state index contributed by atoms with van der Waals surface area (Å²) in [5.74, 6) is -0.499. The fraction of sp³-hybridized carbons (Fsp3) is 0.146. The Morgan fingerprint density at radius 1 is 0.583 bits per heavy atom. The molecule has 3 atom stereocenters. The number of nitrogens with zero attached hydrogens (tertiary/aromatic N) is 2. The number of para-hydroxylation sites is 1. The number of benzene rings is 5. The Morgan fingerprint density at radius 3 is 1.63 bits per heavy atom. The molecule has 7 N–H and O–H groups in total. The van der Waals surface area contributed by atoms with Gasteiger partial charge in [-0.15, -0.1) is 0 Å². The number of aromatic nitrogens is 5. The molecule has 0 unspecified atom stereocenters. The summed E-state index contributed by atoms with van der Waals surface area (Å²) in [6.45, 7) is 0. The maximum absolute atomic E-state index is 14.2. The van der Waals surface area contributed by atoms with Crippen LogP contribution in [0.4, 0.5) is 0 Å². The van der Waals surface area contributed by atoms with Crippen LogP contribution in [0.15, 0.2) is 152 Å². The lowest BCUT2D eigenvalue weighted by molar-refractivity contribution is -0.145. The monoisotopic (exact) mass is 796 g/mol. The molecule has 300 valence electrons. The molecular formula is C48H44N8O4. The van der Waals surface area contributed by atoms with Gasteiger partial charge in [-0.25, -0.2) is 14.8 Å². The zero-order valence-electron chi connectivity index (χ0n) is 32.9. The molecule has 0 saturated carbocycles. The van der Waals surface area contributed by atoms with E-state index in [9.17, 15) is 14.4 Å². The lowest BCUT2D eigenvalue weighted by Crippen LogP contribution is -2.56. The van der Waals surface area contributed by atoms with E-state index in [1.54, 1.807) is 12.4 Å². The van der Waals surface area contributed by atoms with Gasteiger partial charge in [0.05, 0.1) is 13.2 Å². The molecule has 3 heterocycles. The van der Waals surface area contributed by atoms with Crippen LogP contribution in [-0.4, -0.2) is 67.9 Å². The van der Waals surface area contributed by atoms with E-state index in [2.05, 4.69) is 59.8 Å². The lowest BCUT2D eigenvalue weighted by atomic mass is 10.0. The Labute approximate surface area is 346 Å². The van der Waals surface area contributed by atoms with E-state index in [-0.39, 0.29) is 19.3 Å². The summed E-state index contributed by atoms with van der Waals surface area (Å²) in [6, 6.07) is 40.7. The van der Waals surface area contributed by atoms with E-state index in [1.807, 2.05) is 115 Å². The van der Waals surface area contributed by atoms with Gasteiger partial charge in [0.2, 0.25) is 11.8 Å². The molecule has 8 aromatic rings. The van der Waals surface area contributed by atoms with Crippen molar-refractivity contribution < 1.29 is 19.1 Å². The van der Waals surface area contributed by atoms with Crippen molar-refractivity contribution in [1.29, 1.82) is 0 Å². The first-order valence-electron chi connectivity index (χ1n) is 19.7. The highest BCUT2D eigenvalue weighted by atomic mass is 16.5. The number of esters is 1. The van der Waals surface area contributed by atoms with Crippen molar-refractivity contribution in [2.45, 2.75) is 37.4 Å². The number of H-pyrrole nitrogens is 3. The number of methoxy groups -OCH3 is 1. The van der Waals surface area contributed by atoms with Gasteiger partial charge in [-0.1, -0.05) is 127 Å². The number of hydrogen-bond acceptors (Lipinski definition) is 7. The van der Waals surface area contributed by atoms with Crippen molar-refractivity contribution in [2.24, 2.45) is 5.73 Å². The normalized spacial score (nSPS) is 12.7. The molecule has 0 fully saturated rings. The molecule has 5 aromatic carbocycles. The number of nitrogens with two attached hydrogens (primary N) is 1. The summed E-state index contributed by atoms with van der Waals surface area (Å²) < 4.78 is 5.11. The van der Waals surface area contributed by atoms with Crippen LogP contribution < -0.4 is 16.4 Å². The molecule has 0 aliphatic carbocycles. The third-order valence-electron chi connectivity index (χ3n) is 10.5. The number of aromatic amines is 3. The summed E-state index contributed by atoms with van der Waals surface area (Å²) in [7, 11) is 1.26. The fourth-order valence-electron chi connectivity index (χ4n) is 7.29. The molecule has 0 radical (unpaired) electrons. The van der Waals surface area contributed by atoms with Gasteiger partial charge in [-0.2, -0.15) is 0 Å². The van der Waals surface area contributed by atoms with Gasteiger partial charge in [0.15, 0.2) is 0 Å². The van der Waals surface area contributed by atoms with Gasteiger partial charge >= 0.3 is 5.97 Å². The summed E-state index contributed by atoms with van der Waals surface area (Å²) >= 11 is 0. The first kappa shape index (κ1) is 39.3. The maximum atomic E-state index is 14.2. The van der Waals surface area contributed by atoms with Crippen molar-refractivity contribution >= 4 is 28.7 Å². The molecule has 0 aliphatic rings. The zero-order chi connectivity index (χ0) is 41.4. The Kier molecular flexibility index (Phi) is 11.7. The molecule has 0 bridgehead atoms. The third kappa shape index (κ3) is 9.09. The predicted molar refractivity (Wildman–Crippen MR) is 232 cm³/mol. The zero-order valence-corrected chi connectivity index (χ0v) is 32.9. The molecule has 12 nitrogen and oxygen atoms in total. The van der Waals surface area contributed by atoms with Gasteiger partial charge in [0.1, 0.15) is 23.7 Å². The largest absolute Gasteiger partial charge is 0.467 e. The summed E-state index contributed by atoms with van der Waals surface area (Å²) in [6.07, 6.45) is 5.44. The number of carbonyl (C=O) groups is 3. The molecule has 0 spiro atoms. The van der Waals surface area contributed by atoms with E-state index in [0.717, 1.165) is 49.8 Å². The quantitative estimate of drug-likeness (QED) is 0.0618. The van der Waals surface area contributed by atoms with Gasteiger partial charge in [-0.05, 0) is 33.9 Å². The van der Waals surface area contributed by atoms with Crippen molar-refractivity contribution in [2.75, 3.05) is 7.11 Å². The second kappa shape index (κ2) is 17.9. The highest BCUT2D eigenvalue weighted by Gasteiger charge is 2.30. The number of fused-ring (bicyclic) bond motifs is 1. The first-order valence-corrected chi connectivity index (χ1v) is 19.7.